The molecule has 31 heavy (non-hydrogen) atoms. The Kier molecular flexibility index (Phi) is 5.85. The van der Waals surface area contributed by atoms with Crippen LogP contribution in [0.1, 0.15) is 51.1 Å². The molecule has 0 saturated carbocycles. The number of aryl methyl sites for hydroxylation is 2. The molecule has 0 fully saturated rings. The van der Waals surface area contributed by atoms with Crippen LogP contribution in [0, 0.1) is 13.8 Å². The van der Waals surface area contributed by atoms with E-state index >= 15 is 0 Å². The number of H-pyrrole nitrogens is 1. The highest BCUT2D eigenvalue weighted by Gasteiger charge is 2.24. The van der Waals surface area contributed by atoms with Crippen LogP contribution in [0.4, 0.5) is 0 Å². The number of rotatable bonds is 5. The number of carbonyl (C=O) groups is 2. The van der Waals surface area contributed by atoms with E-state index in [1.165, 1.54) is 0 Å². The fourth-order valence-electron chi connectivity index (χ4n) is 4.42. The van der Waals surface area contributed by atoms with Crippen LogP contribution in [0.3, 0.4) is 0 Å². The van der Waals surface area contributed by atoms with Crippen LogP contribution < -0.4 is 5.56 Å². The molecule has 1 aliphatic carbocycles. The SMILES string of the molecule is Cc1ccc(-c2ccccc2)cc1C(=O)N(C=O)Cc1c2c(c(C)[nH]c1=O)CCCC2. The molecular weight excluding hydrogens is 388 g/mol. The van der Waals surface area contributed by atoms with E-state index in [0.29, 0.717) is 17.5 Å². The van der Waals surface area contributed by atoms with Crippen LogP contribution in [0.15, 0.2) is 53.3 Å². The number of nitrogens with zero attached hydrogens (tertiary/aromatic N) is 1. The van der Waals surface area contributed by atoms with Gasteiger partial charge in [0.15, 0.2) is 0 Å². The largest absolute Gasteiger partial charge is 0.326 e. The number of pyridine rings is 1. The molecule has 1 N–H and O–H groups in total. The summed E-state index contributed by atoms with van der Waals surface area (Å²) in [6.07, 6.45) is 4.35. The summed E-state index contributed by atoms with van der Waals surface area (Å²) < 4.78 is 0. The fourth-order valence-corrected chi connectivity index (χ4v) is 4.42. The summed E-state index contributed by atoms with van der Waals surface area (Å²) in [4.78, 5) is 42.0. The van der Waals surface area contributed by atoms with Crippen LogP contribution in [0.25, 0.3) is 11.1 Å². The Balaban J connectivity index is 1.69. The molecule has 1 aliphatic rings. The first kappa shape index (κ1) is 20.8. The van der Waals surface area contributed by atoms with Crippen molar-refractivity contribution in [3.8, 4) is 11.1 Å². The highest BCUT2D eigenvalue weighted by Crippen LogP contribution is 2.26. The van der Waals surface area contributed by atoms with Gasteiger partial charge in [0, 0.05) is 16.8 Å². The van der Waals surface area contributed by atoms with Crippen molar-refractivity contribution in [1.82, 2.24) is 9.88 Å². The average Bonchev–Trinajstić information content (AvgIpc) is 2.80. The standard InChI is InChI=1S/C26H26N2O3/c1-17-12-13-20(19-8-4-3-5-9-19)14-23(17)26(31)28(16-29)15-24-22-11-7-6-10-21(22)18(2)27-25(24)30/h3-5,8-9,12-14,16H,6-7,10-11,15H2,1-2H3,(H,27,30). The predicted molar refractivity (Wildman–Crippen MR) is 121 cm³/mol. The molecular formula is C26H26N2O3. The molecule has 0 spiro atoms. The van der Waals surface area contributed by atoms with Crippen molar-refractivity contribution in [1.29, 1.82) is 0 Å². The molecule has 5 nitrogen and oxygen atoms in total. The quantitative estimate of drug-likeness (QED) is 0.632. The van der Waals surface area contributed by atoms with Gasteiger partial charge in [-0.2, -0.15) is 0 Å². The van der Waals surface area contributed by atoms with E-state index in [1.54, 1.807) is 0 Å². The molecule has 2 aromatic carbocycles. The van der Waals surface area contributed by atoms with Gasteiger partial charge in [0.05, 0.1) is 6.54 Å². The molecule has 0 bridgehead atoms. The van der Waals surface area contributed by atoms with E-state index in [1.807, 2.05) is 62.4 Å². The fraction of sp³-hybridized carbons (Fsp3) is 0.269. The molecule has 2 amide bonds. The van der Waals surface area contributed by atoms with Gasteiger partial charge in [0.25, 0.3) is 11.5 Å². The van der Waals surface area contributed by atoms with Crippen molar-refractivity contribution >= 4 is 12.3 Å². The first-order valence-corrected chi connectivity index (χ1v) is 10.7. The third-order valence-electron chi connectivity index (χ3n) is 6.15. The molecule has 158 valence electrons. The lowest BCUT2D eigenvalue weighted by Crippen LogP contribution is -2.34. The summed E-state index contributed by atoms with van der Waals surface area (Å²) >= 11 is 0. The van der Waals surface area contributed by atoms with Crippen LogP contribution in [0.5, 0.6) is 0 Å². The second-order valence-corrected chi connectivity index (χ2v) is 8.16. The van der Waals surface area contributed by atoms with E-state index in [4.69, 9.17) is 0 Å². The van der Waals surface area contributed by atoms with Crippen LogP contribution in [-0.4, -0.2) is 22.2 Å². The zero-order chi connectivity index (χ0) is 22.0. The number of carbonyl (C=O) groups excluding carboxylic acids is 2. The van der Waals surface area contributed by atoms with Gasteiger partial charge in [0.1, 0.15) is 0 Å². The van der Waals surface area contributed by atoms with E-state index < -0.39 is 5.91 Å². The minimum atomic E-state index is -0.394. The predicted octanol–water partition coefficient (Wildman–Crippen LogP) is 4.34. The average molecular weight is 415 g/mol. The first-order chi connectivity index (χ1) is 15.0. The van der Waals surface area contributed by atoms with Crippen molar-refractivity contribution < 1.29 is 9.59 Å². The van der Waals surface area contributed by atoms with Gasteiger partial charge < -0.3 is 4.98 Å². The van der Waals surface area contributed by atoms with E-state index in [9.17, 15) is 14.4 Å². The molecule has 0 aliphatic heterocycles. The zero-order valence-corrected chi connectivity index (χ0v) is 17.9. The second kappa shape index (κ2) is 8.72. The number of hydrogen-bond acceptors (Lipinski definition) is 3. The Morgan fingerprint density at radius 1 is 1.00 bits per heavy atom. The smallest absolute Gasteiger partial charge is 0.260 e. The lowest BCUT2D eigenvalue weighted by Gasteiger charge is -2.23. The molecule has 0 radical (unpaired) electrons. The number of nitrogens with one attached hydrogen (secondary N) is 1. The number of imide groups is 1. The van der Waals surface area contributed by atoms with E-state index in [0.717, 1.165) is 64.1 Å². The molecule has 0 unspecified atom stereocenters. The summed E-state index contributed by atoms with van der Waals surface area (Å²) in [5, 5.41) is 0. The third kappa shape index (κ3) is 4.08. The Hall–Kier alpha value is -3.47. The van der Waals surface area contributed by atoms with E-state index in [-0.39, 0.29) is 12.1 Å². The number of fused-ring (bicyclic) bond motifs is 1. The van der Waals surface area contributed by atoms with Crippen LogP contribution >= 0.6 is 0 Å². The summed E-state index contributed by atoms with van der Waals surface area (Å²) in [7, 11) is 0. The zero-order valence-electron chi connectivity index (χ0n) is 17.9. The van der Waals surface area contributed by atoms with Gasteiger partial charge in [-0.1, -0.05) is 42.5 Å². The van der Waals surface area contributed by atoms with Gasteiger partial charge in [-0.05, 0) is 73.4 Å². The maximum absolute atomic E-state index is 13.3. The van der Waals surface area contributed by atoms with Crippen LogP contribution in [-0.2, 0) is 24.2 Å². The highest BCUT2D eigenvalue weighted by atomic mass is 16.2. The second-order valence-electron chi connectivity index (χ2n) is 8.16. The molecule has 1 aromatic heterocycles. The summed E-state index contributed by atoms with van der Waals surface area (Å²) in [6, 6.07) is 15.5. The Morgan fingerprint density at radius 2 is 1.71 bits per heavy atom. The lowest BCUT2D eigenvalue weighted by molar-refractivity contribution is -0.116. The van der Waals surface area contributed by atoms with Gasteiger partial charge in [0.2, 0.25) is 6.41 Å². The Bertz CT molecular complexity index is 1200. The van der Waals surface area contributed by atoms with Crippen LogP contribution in [0.2, 0.25) is 0 Å². The number of aromatic nitrogens is 1. The maximum atomic E-state index is 13.3. The molecule has 0 saturated heterocycles. The lowest BCUT2D eigenvalue weighted by atomic mass is 9.88. The van der Waals surface area contributed by atoms with Crippen molar-refractivity contribution in [2.75, 3.05) is 0 Å². The number of benzene rings is 2. The molecule has 1 heterocycles. The van der Waals surface area contributed by atoms with Gasteiger partial charge >= 0.3 is 0 Å². The Morgan fingerprint density at radius 3 is 2.42 bits per heavy atom. The first-order valence-electron chi connectivity index (χ1n) is 10.7. The number of aromatic amines is 1. The third-order valence-corrected chi connectivity index (χ3v) is 6.15. The summed E-state index contributed by atoms with van der Waals surface area (Å²) in [6.45, 7) is 3.75. The minimum Gasteiger partial charge on any atom is -0.326 e. The van der Waals surface area contributed by atoms with Gasteiger partial charge in [-0.25, -0.2) is 0 Å². The topological polar surface area (TPSA) is 70.2 Å². The molecule has 5 heteroatoms. The van der Waals surface area contributed by atoms with Gasteiger partial charge in [-0.15, -0.1) is 0 Å². The number of hydrogen-bond donors (Lipinski definition) is 1. The Labute approximate surface area is 181 Å². The summed E-state index contributed by atoms with van der Waals surface area (Å²) in [5.41, 5.74) is 6.51. The van der Waals surface area contributed by atoms with Crippen molar-refractivity contribution in [3.05, 3.63) is 92.4 Å². The van der Waals surface area contributed by atoms with Gasteiger partial charge in [-0.3, -0.25) is 19.3 Å². The van der Waals surface area contributed by atoms with Crippen molar-refractivity contribution in [2.45, 2.75) is 46.1 Å². The normalized spacial score (nSPS) is 12.8. The minimum absolute atomic E-state index is 0.0186. The molecule has 3 aromatic rings. The molecule has 4 rings (SSSR count). The van der Waals surface area contributed by atoms with E-state index in [2.05, 4.69) is 4.98 Å². The highest BCUT2D eigenvalue weighted by molar-refractivity contribution is 6.01. The van der Waals surface area contributed by atoms with Crippen molar-refractivity contribution in [2.24, 2.45) is 0 Å². The summed E-state index contributed by atoms with van der Waals surface area (Å²) in [5.74, 6) is -0.394. The monoisotopic (exact) mass is 414 g/mol. The molecule has 0 atom stereocenters. The number of amides is 2. The van der Waals surface area contributed by atoms with Crippen molar-refractivity contribution in [3.63, 3.8) is 0 Å². The maximum Gasteiger partial charge on any atom is 0.260 e.